The van der Waals surface area contributed by atoms with Crippen molar-refractivity contribution >= 4 is 50.5 Å². The molecule has 1 amide bonds. The molecule has 0 aliphatic rings. The number of methoxy groups -OCH3 is 1. The minimum atomic E-state index is -0.218. The van der Waals surface area contributed by atoms with Crippen LogP contribution in [0, 0.1) is 0 Å². The van der Waals surface area contributed by atoms with Crippen LogP contribution in [-0.4, -0.2) is 13.0 Å². The maximum absolute atomic E-state index is 12.1. The molecule has 1 heterocycles. The Balaban J connectivity index is 2.24. The molecule has 1 N–H and O–H groups in total. The van der Waals surface area contributed by atoms with Gasteiger partial charge in [-0.05, 0) is 45.6 Å². The first-order valence-corrected chi connectivity index (χ1v) is 7.04. The molecule has 1 aromatic carbocycles. The van der Waals surface area contributed by atoms with Crippen LogP contribution in [0.3, 0.4) is 0 Å². The lowest BCUT2D eigenvalue weighted by Crippen LogP contribution is -2.11. The van der Waals surface area contributed by atoms with E-state index >= 15 is 0 Å². The number of carbonyl (C=O) groups excluding carboxylic acids is 1. The minimum absolute atomic E-state index is 0.218. The Hall–Kier alpha value is -1.04. The molecule has 0 aliphatic heterocycles. The second-order valence-corrected chi connectivity index (χ2v) is 5.60. The van der Waals surface area contributed by atoms with Crippen molar-refractivity contribution in [2.75, 3.05) is 12.4 Å². The molecule has 0 atom stereocenters. The van der Waals surface area contributed by atoms with Gasteiger partial charge < -0.3 is 10.1 Å². The van der Waals surface area contributed by atoms with E-state index in [9.17, 15) is 4.79 Å². The molecular formula is C12H9BrClNO2S. The fraction of sp³-hybridized carbons (Fsp3) is 0.0833. The summed E-state index contributed by atoms with van der Waals surface area (Å²) in [5.74, 6) is 0.348. The lowest BCUT2D eigenvalue weighted by molar-refractivity contribution is 0.102. The summed E-state index contributed by atoms with van der Waals surface area (Å²) < 4.78 is 5.88. The van der Waals surface area contributed by atoms with Crippen molar-refractivity contribution in [3.63, 3.8) is 0 Å². The van der Waals surface area contributed by atoms with E-state index in [4.69, 9.17) is 16.3 Å². The molecule has 0 unspecified atom stereocenters. The van der Waals surface area contributed by atoms with Crippen molar-refractivity contribution in [2.45, 2.75) is 0 Å². The Morgan fingerprint density at radius 1 is 1.44 bits per heavy atom. The summed E-state index contributed by atoms with van der Waals surface area (Å²) in [5.41, 5.74) is 0.628. The lowest BCUT2D eigenvalue weighted by Gasteiger charge is -2.07. The first-order chi connectivity index (χ1) is 8.61. The van der Waals surface area contributed by atoms with Gasteiger partial charge in [0.15, 0.2) is 0 Å². The van der Waals surface area contributed by atoms with Gasteiger partial charge in [0, 0.05) is 9.50 Å². The van der Waals surface area contributed by atoms with E-state index in [1.165, 1.54) is 18.4 Å². The summed E-state index contributed by atoms with van der Waals surface area (Å²) in [5, 5.41) is 5.16. The second-order valence-electron chi connectivity index (χ2n) is 3.40. The van der Waals surface area contributed by atoms with E-state index in [1.807, 2.05) is 0 Å². The average Bonchev–Trinajstić information content (AvgIpc) is 2.82. The Labute approximate surface area is 122 Å². The van der Waals surface area contributed by atoms with Crippen LogP contribution in [0.25, 0.3) is 0 Å². The molecular weight excluding hydrogens is 338 g/mol. The van der Waals surface area contributed by atoms with Crippen LogP contribution < -0.4 is 10.1 Å². The second kappa shape index (κ2) is 5.73. The molecule has 0 saturated carbocycles. The Kier molecular flexibility index (Phi) is 4.27. The Bertz CT molecular complexity index is 585. The SMILES string of the molecule is COc1ccsc1C(=O)Nc1cc(Cl)ccc1Br. The van der Waals surface area contributed by atoms with Crippen molar-refractivity contribution in [1.82, 2.24) is 0 Å². The molecule has 0 fully saturated rings. The van der Waals surface area contributed by atoms with E-state index in [2.05, 4.69) is 21.2 Å². The standard InChI is InChI=1S/C12H9BrClNO2S/c1-17-10-4-5-18-11(10)12(16)15-9-6-7(14)2-3-8(9)13/h2-6H,1H3,(H,15,16). The quantitative estimate of drug-likeness (QED) is 0.893. The summed E-state index contributed by atoms with van der Waals surface area (Å²) in [6.07, 6.45) is 0. The number of hydrogen-bond donors (Lipinski definition) is 1. The van der Waals surface area contributed by atoms with Gasteiger partial charge in [-0.15, -0.1) is 11.3 Å². The highest BCUT2D eigenvalue weighted by molar-refractivity contribution is 9.10. The van der Waals surface area contributed by atoms with Gasteiger partial charge in [0.25, 0.3) is 5.91 Å². The van der Waals surface area contributed by atoms with Crippen LogP contribution >= 0.6 is 38.9 Å². The fourth-order valence-electron chi connectivity index (χ4n) is 1.40. The molecule has 0 spiro atoms. The first kappa shape index (κ1) is 13.4. The highest BCUT2D eigenvalue weighted by Crippen LogP contribution is 2.29. The third-order valence-electron chi connectivity index (χ3n) is 2.23. The van der Waals surface area contributed by atoms with Gasteiger partial charge in [0.05, 0.1) is 12.8 Å². The number of thiophene rings is 1. The van der Waals surface area contributed by atoms with Crippen LogP contribution in [0.2, 0.25) is 5.02 Å². The monoisotopic (exact) mass is 345 g/mol. The number of nitrogens with one attached hydrogen (secondary N) is 1. The number of carbonyl (C=O) groups is 1. The van der Waals surface area contributed by atoms with Gasteiger partial charge >= 0.3 is 0 Å². The summed E-state index contributed by atoms with van der Waals surface area (Å²) in [6.45, 7) is 0. The lowest BCUT2D eigenvalue weighted by atomic mass is 10.3. The van der Waals surface area contributed by atoms with Gasteiger partial charge in [-0.25, -0.2) is 0 Å². The zero-order chi connectivity index (χ0) is 13.1. The summed E-state index contributed by atoms with van der Waals surface area (Å²) >= 11 is 10.6. The number of amides is 1. The minimum Gasteiger partial charge on any atom is -0.495 e. The summed E-state index contributed by atoms with van der Waals surface area (Å²) in [4.78, 5) is 12.6. The van der Waals surface area contributed by atoms with Crippen LogP contribution in [0.5, 0.6) is 5.75 Å². The average molecular weight is 347 g/mol. The summed E-state index contributed by atoms with van der Waals surface area (Å²) in [6, 6.07) is 6.97. The van der Waals surface area contributed by atoms with Crippen molar-refractivity contribution in [2.24, 2.45) is 0 Å². The van der Waals surface area contributed by atoms with Crippen LogP contribution in [0.1, 0.15) is 9.67 Å². The highest BCUT2D eigenvalue weighted by atomic mass is 79.9. The van der Waals surface area contributed by atoms with Crippen molar-refractivity contribution < 1.29 is 9.53 Å². The molecule has 0 bridgehead atoms. The number of anilines is 1. The van der Waals surface area contributed by atoms with Gasteiger partial charge in [0.1, 0.15) is 10.6 Å². The van der Waals surface area contributed by atoms with E-state index in [0.29, 0.717) is 21.3 Å². The van der Waals surface area contributed by atoms with E-state index in [0.717, 1.165) is 4.47 Å². The molecule has 0 saturated heterocycles. The molecule has 94 valence electrons. The largest absolute Gasteiger partial charge is 0.495 e. The Morgan fingerprint density at radius 2 is 2.22 bits per heavy atom. The highest BCUT2D eigenvalue weighted by Gasteiger charge is 2.15. The van der Waals surface area contributed by atoms with E-state index in [1.54, 1.807) is 29.6 Å². The number of benzene rings is 1. The van der Waals surface area contributed by atoms with E-state index in [-0.39, 0.29) is 5.91 Å². The summed E-state index contributed by atoms with van der Waals surface area (Å²) in [7, 11) is 1.54. The van der Waals surface area contributed by atoms with Crippen LogP contribution in [0.4, 0.5) is 5.69 Å². The molecule has 3 nitrogen and oxygen atoms in total. The van der Waals surface area contributed by atoms with Crippen molar-refractivity contribution in [3.8, 4) is 5.75 Å². The third-order valence-corrected chi connectivity index (χ3v) is 4.05. The van der Waals surface area contributed by atoms with Crippen molar-refractivity contribution in [3.05, 3.63) is 44.0 Å². The smallest absolute Gasteiger partial charge is 0.269 e. The predicted molar refractivity (Wildman–Crippen MR) is 78.0 cm³/mol. The Morgan fingerprint density at radius 3 is 2.94 bits per heavy atom. The molecule has 0 radical (unpaired) electrons. The fourth-order valence-corrected chi connectivity index (χ4v) is 2.67. The molecule has 18 heavy (non-hydrogen) atoms. The zero-order valence-corrected chi connectivity index (χ0v) is 12.5. The molecule has 0 aliphatic carbocycles. The topological polar surface area (TPSA) is 38.3 Å². The maximum atomic E-state index is 12.1. The number of rotatable bonds is 3. The number of ether oxygens (including phenoxy) is 1. The van der Waals surface area contributed by atoms with E-state index < -0.39 is 0 Å². The number of halogens is 2. The molecule has 6 heteroatoms. The van der Waals surface area contributed by atoms with Gasteiger partial charge in [-0.2, -0.15) is 0 Å². The number of hydrogen-bond acceptors (Lipinski definition) is 3. The predicted octanol–water partition coefficient (Wildman–Crippen LogP) is 4.42. The maximum Gasteiger partial charge on any atom is 0.269 e. The van der Waals surface area contributed by atoms with Crippen LogP contribution in [0.15, 0.2) is 34.1 Å². The van der Waals surface area contributed by atoms with Gasteiger partial charge in [-0.1, -0.05) is 11.6 Å². The van der Waals surface area contributed by atoms with Gasteiger partial charge in [0.2, 0.25) is 0 Å². The molecule has 1 aromatic heterocycles. The van der Waals surface area contributed by atoms with Gasteiger partial charge in [-0.3, -0.25) is 4.79 Å². The first-order valence-electron chi connectivity index (χ1n) is 4.99. The van der Waals surface area contributed by atoms with Crippen LogP contribution in [-0.2, 0) is 0 Å². The third kappa shape index (κ3) is 2.85. The normalized spacial score (nSPS) is 10.2. The zero-order valence-electron chi connectivity index (χ0n) is 9.37. The van der Waals surface area contributed by atoms with Crippen molar-refractivity contribution in [1.29, 1.82) is 0 Å². The molecule has 2 rings (SSSR count). The molecule has 2 aromatic rings.